The Morgan fingerprint density at radius 2 is 1.80 bits per heavy atom. The molecule has 3 aliphatic rings. The summed E-state index contributed by atoms with van der Waals surface area (Å²) in [6.45, 7) is 12.6. The minimum atomic E-state index is -0.722. The van der Waals surface area contributed by atoms with Gasteiger partial charge in [0.25, 0.3) is 0 Å². The van der Waals surface area contributed by atoms with Gasteiger partial charge in [-0.1, -0.05) is 19.1 Å². The third-order valence-corrected chi connectivity index (χ3v) is 10.1. The second-order valence-electron chi connectivity index (χ2n) is 13.3. The molecule has 0 aromatic carbocycles. The highest BCUT2D eigenvalue weighted by Crippen LogP contribution is 2.60. The maximum Gasteiger partial charge on any atom is 0.248 e. The average Bonchev–Trinajstić information content (AvgIpc) is 3.53. The summed E-state index contributed by atoms with van der Waals surface area (Å²) >= 11 is 3.39. The fourth-order valence-electron chi connectivity index (χ4n) is 6.81. The predicted molar refractivity (Wildman–Crippen MR) is 187 cm³/mol. The number of nitrogens with one attached hydrogen (secondary N) is 1. The van der Waals surface area contributed by atoms with Gasteiger partial charge in [0.15, 0.2) is 5.78 Å². The van der Waals surface area contributed by atoms with Crippen LogP contribution in [0.4, 0.5) is 5.82 Å². The van der Waals surface area contributed by atoms with E-state index in [1.165, 1.54) is 11.6 Å². The Balaban J connectivity index is 1.37. The number of hydrogen-bond acceptors (Lipinski definition) is 9. The lowest BCUT2D eigenvalue weighted by molar-refractivity contribution is -0.138. The van der Waals surface area contributed by atoms with Crippen molar-refractivity contribution in [1.29, 1.82) is 0 Å². The molecule has 0 radical (unpaired) electrons. The van der Waals surface area contributed by atoms with E-state index in [1.54, 1.807) is 30.3 Å². The van der Waals surface area contributed by atoms with Gasteiger partial charge in [-0.05, 0) is 80.4 Å². The van der Waals surface area contributed by atoms with Gasteiger partial charge in [-0.3, -0.25) is 19.1 Å². The molecule has 3 aromatic heterocycles. The van der Waals surface area contributed by atoms with Crippen LogP contribution in [0.15, 0.2) is 41.5 Å². The van der Waals surface area contributed by atoms with Gasteiger partial charge in [0, 0.05) is 60.2 Å². The van der Waals surface area contributed by atoms with Gasteiger partial charge in [0.05, 0.1) is 18.9 Å². The molecule has 1 saturated heterocycles. The van der Waals surface area contributed by atoms with Crippen LogP contribution >= 0.6 is 15.9 Å². The van der Waals surface area contributed by atoms with Crippen molar-refractivity contribution in [1.82, 2.24) is 29.6 Å². The third kappa shape index (κ3) is 7.37. The molecule has 0 spiro atoms. The van der Waals surface area contributed by atoms with E-state index in [1.807, 2.05) is 26.0 Å². The van der Waals surface area contributed by atoms with Gasteiger partial charge in [-0.2, -0.15) is 5.10 Å². The summed E-state index contributed by atoms with van der Waals surface area (Å²) in [5.41, 5.74) is 3.20. The van der Waals surface area contributed by atoms with Gasteiger partial charge in [-0.25, -0.2) is 15.0 Å². The van der Waals surface area contributed by atoms with Crippen molar-refractivity contribution >= 4 is 51.0 Å². The molecular formula is C36H42BrN7O5. The normalized spacial score (nSPS) is 24.0. The molecule has 12 nitrogen and oxygen atoms in total. The molecule has 49 heavy (non-hydrogen) atoms. The quantitative estimate of drug-likeness (QED) is 0.262. The van der Waals surface area contributed by atoms with E-state index in [4.69, 9.17) is 9.47 Å². The SMILES string of the molecule is C=C(/C1=C\c2c(C)c(C(C)=O)nn2CC(=O)N2[C@H](C(=O)Nc3nc(Br)ccc3C)C[C@@]3(COCCCCCCO1)C[C@@H]23)c1cnc(C)nc1. The number of aromatic nitrogens is 5. The summed E-state index contributed by atoms with van der Waals surface area (Å²) in [6, 6.07) is 2.82. The summed E-state index contributed by atoms with van der Waals surface area (Å²) in [5, 5.41) is 7.58. The van der Waals surface area contributed by atoms with Crippen molar-refractivity contribution in [3.63, 3.8) is 0 Å². The molecule has 0 unspecified atom stereocenters. The highest BCUT2D eigenvalue weighted by molar-refractivity contribution is 9.10. The number of pyridine rings is 1. The first kappa shape index (κ1) is 34.6. The van der Waals surface area contributed by atoms with Crippen LogP contribution in [0, 0.1) is 26.2 Å². The van der Waals surface area contributed by atoms with Crippen LogP contribution < -0.4 is 5.32 Å². The molecule has 2 aliphatic heterocycles. The fraction of sp³-hybridized carbons (Fsp3) is 0.472. The molecule has 3 aromatic rings. The number of aryl methyl sites for hydroxylation is 2. The number of carbonyl (C=O) groups excluding carboxylic acids is 3. The van der Waals surface area contributed by atoms with E-state index < -0.39 is 6.04 Å². The number of piperidine rings is 1. The first-order valence-corrected chi connectivity index (χ1v) is 17.5. The van der Waals surface area contributed by atoms with Crippen molar-refractivity contribution in [2.75, 3.05) is 25.1 Å². The molecule has 1 saturated carbocycles. The number of Topliss-reactive ketones (excluding diaryl/α,β-unsaturated/α-hetero) is 1. The summed E-state index contributed by atoms with van der Waals surface area (Å²) in [7, 11) is 0. The predicted octanol–water partition coefficient (Wildman–Crippen LogP) is 5.62. The van der Waals surface area contributed by atoms with Crippen LogP contribution in [0.2, 0.25) is 0 Å². The summed E-state index contributed by atoms with van der Waals surface area (Å²) in [5.74, 6) is 0.753. The number of halogens is 1. The van der Waals surface area contributed by atoms with Crippen molar-refractivity contribution in [3.05, 3.63) is 75.4 Å². The first-order chi connectivity index (χ1) is 23.5. The molecule has 2 bridgehead atoms. The van der Waals surface area contributed by atoms with E-state index >= 15 is 0 Å². The van der Waals surface area contributed by atoms with E-state index in [0.717, 1.165) is 37.7 Å². The maximum atomic E-state index is 14.4. The zero-order valence-corrected chi connectivity index (χ0v) is 30.0. The van der Waals surface area contributed by atoms with E-state index in [9.17, 15) is 14.4 Å². The maximum absolute atomic E-state index is 14.4. The molecule has 2 fully saturated rings. The number of hydrogen-bond donors (Lipinski definition) is 1. The average molecular weight is 733 g/mol. The highest BCUT2D eigenvalue weighted by atomic mass is 79.9. The first-order valence-electron chi connectivity index (χ1n) is 16.7. The monoisotopic (exact) mass is 731 g/mol. The lowest BCUT2D eigenvalue weighted by Gasteiger charge is -2.27. The lowest BCUT2D eigenvalue weighted by atomic mass is 10.00. The van der Waals surface area contributed by atoms with Crippen LogP contribution in [0.5, 0.6) is 0 Å². The lowest BCUT2D eigenvalue weighted by Crippen LogP contribution is -2.47. The smallest absolute Gasteiger partial charge is 0.248 e. The van der Waals surface area contributed by atoms with Crippen molar-refractivity contribution in [3.8, 4) is 0 Å². The number of rotatable bonds is 5. The minimum Gasteiger partial charge on any atom is -0.493 e. The standard InChI is InChI=1S/C36H42BrN7O5/c1-21-10-11-31(37)40-34(21)41-35(47)28-15-36-16-30(36)44(28)32(46)19-43-27(23(3)33(42-43)24(4)45)14-29(22(2)26-17-38-25(5)39-18-26)49-13-9-7-6-8-12-48-20-36/h10-11,14,17-18,28,30H,2,6-9,12-13,15-16,19-20H2,1,3-5H3,(H,40,41,47)/b29-14+/t28-,30+,36-/m0/s1. The van der Waals surface area contributed by atoms with Crippen molar-refractivity contribution < 1.29 is 23.9 Å². The van der Waals surface area contributed by atoms with Crippen molar-refractivity contribution in [2.24, 2.45) is 5.41 Å². The molecule has 3 atom stereocenters. The van der Waals surface area contributed by atoms with Gasteiger partial charge in [-0.15, -0.1) is 0 Å². The highest BCUT2D eigenvalue weighted by Gasteiger charge is 2.67. The van der Waals surface area contributed by atoms with Gasteiger partial charge >= 0.3 is 0 Å². The summed E-state index contributed by atoms with van der Waals surface area (Å²) in [6.07, 6.45) is 10.1. The second kappa shape index (κ2) is 14.3. The third-order valence-electron chi connectivity index (χ3n) is 9.69. The number of fused-ring (bicyclic) bond motifs is 1. The number of allylic oxidation sites excluding steroid dienone is 1. The Kier molecular flexibility index (Phi) is 10.1. The molecular weight excluding hydrogens is 690 g/mol. The minimum absolute atomic E-state index is 0.144. The molecule has 1 aliphatic carbocycles. The van der Waals surface area contributed by atoms with Crippen LogP contribution in [0.25, 0.3) is 11.6 Å². The Hall–Kier alpha value is -4.23. The van der Waals surface area contributed by atoms with Crippen LogP contribution in [-0.2, 0) is 25.6 Å². The van der Waals surface area contributed by atoms with Crippen molar-refractivity contribution in [2.45, 2.75) is 84.8 Å². The largest absolute Gasteiger partial charge is 0.493 e. The zero-order valence-electron chi connectivity index (χ0n) is 28.4. The Morgan fingerprint density at radius 1 is 1.06 bits per heavy atom. The molecule has 1 N–H and O–H groups in total. The Labute approximate surface area is 294 Å². The van der Waals surface area contributed by atoms with E-state index in [0.29, 0.717) is 70.6 Å². The number of nitrogens with zero attached hydrogens (tertiary/aromatic N) is 6. The molecule has 13 heteroatoms. The van der Waals surface area contributed by atoms with E-state index in [-0.39, 0.29) is 41.3 Å². The Morgan fingerprint density at radius 3 is 2.53 bits per heavy atom. The second-order valence-corrected chi connectivity index (χ2v) is 14.1. The topological polar surface area (TPSA) is 141 Å². The van der Waals surface area contributed by atoms with Crippen LogP contribution in [-0.4, -0.2) is 79.1 Å². The summed E-state index contributed by atoms with van der Waals surface area (Å²) in [4.78, 5) is 55.8. The summed E-state index contributed by atoms with van der Waals surface area (Å²) < 4.78 is 14.6. The number of anilines is 1. The van der Waals surface area contributed by atoms with Gasteiger partial charge in [0.1, 0.15) is 40.3 Å². The van der Waals surface area contributed by atoms with Crippen LogP contribution in [0.1, 0.15) is 84.1 Å². The molecule has 6 rings (SSSR count). The van der Waals surface area contributed by atoms with Crippen LogP contribution in [0.3, 0.4) is 0 Å². The zero-order chi connectivity index (χ0) is 34.9. The molecule has 5 heterocycles. The van der Waals surface area contributed by atoms with E-state index in [2.05, 4.69) is 47.9 Å². The molecule has 258 valence electrons. The fourth-order valence-corrected chi connectivity index (χ4v) is 7.12. The number of amides is 2. The number of ketones is 1. The van der Waals surface area contributed by atoms with Gasteiger partial charge < -0.3 is 19.7 Å². The van der Waals surface area contributed by atoms with Gasteiger partial charge in [0.2, 0.25) is 11.8 Å². The number of carbonyl (C=O) groups is 3. The molecule has 2 amide bonds. The number of ether oxygens (including phenoxy) is 2. The Bertz CT molecular complexity index is 1820.